The third kappa shape index (κ3) is 29.2. The molecule has 592 valence electrons. The summed E-state index contributed by atoms with van der Waals surface area (Å²) >= 11 is 6.64. The molecular weight excluding hydrogens is 1490 g/mol. The molecule has 1 amide bonds. The molecule has 9 heterocycles. The molecule has 113 heavy (non-hydrogen) atoms. The van der Waals surface area contributed by atoms with Crippen molar-refractivity contribution in [3.8, 4) is 0 Å². The van der Waals surface area contributed by atoms with Crippen molar-refractivity contribution in [2.45, 2.75) is 103 Å². The number of aromatic nitrogens is 6. The molecule has 4 aliphatic rings. The summed E-state index contributed by atoms with van der Waals surface area (Å²) in [5, 5.41) is 29.6. The van der Waals surface area contributed by atoms with Gasteiger partial charge in [-0.15, -0.1) is 45.3 Å². The summed E-state index contributed by atoms with van der Waals surface area (Å²) in [6.07, 6.45) is 11.1. The van der Waals surface area contributed by atoms with Gasteiger partial charge >= 0.3 is 0 Å². The Morgan fingerprint density at radius 3 is 1.27 bits per heavy atom. The first-order valence-corrected chi connectivity index (χ1v) is 43.4. The molecule has 0 spiro atoms. The normalized spacial score (nSPS) is 15.4. The van der Waals surface area contributed by atoms with E-state index in [1.807, 2.05) is 109 Å². The number of thiazole rings is 4. The smallest absolute Gasteiger partial charge is 0.227 e. The van der Waals surface area contributed by atoms with Crippen LogP contribution in [-0.2, 0) is 66.2 Å². The van der Waals surface area contributed by atoms with Crippen LogP contribution in [-0.4, -0.2) is 190 Å². The first-order chi connectivity index (χ1) is 55.6. The first-order valence-electron chi connectivity index (χ1n) is 39.9. The third-order valence-electron chi connectivity index (χ3n) is 20.3. The van der Waals surface area contributed by atoms with Crippen molar-refractivity contribution in [3.63, 3.8) is 0 Å². The van der Waals surface area contributed by atoms with Gasteiger partial charge in [0.25, 0.3) is 0 Å². The van der Waals surface area contributed by atoms with E-state index < -0.39 is 0 Å². The number of Topliss-reactive ketones (excluding diaryl/α,β-unsaturated/α-hetero) is 2. The SMILES string of the molecule is Cc1cnc(C(=O)C[C@H](CNc2nc(CN3CCNCC3)cs2)c2ccccc2)cn1.O=C(Cc1ccccc1)C[C@H](CNc1nc(CN2CCN(C(=O)Cc3ccccc3)CC2)cs1)c1ccccc1.c1ccc(CCNc2nc(CN3CCCCC3)cs2)cc1.c1ccc(CCNc2nc(CN3CCOCC3)cs2)cc1. The number of morpholine rings is 1. The number of piperazine rings is 2. The molecule has 0 unspecified atom stereocenters. The van der Waals surface area contributed by atoms with E-state index in [0.717, 1.165) is 196 Å². The van der Waals surface area contributed by atoms with Crippen molar-refractivity contribution >= 4 is 83.3 Å². The standard InChI is InChI=1S/C33H36N4O2S.C23H28N6OS.C17H23N3S.C16H21N3OS/c38-31(20-26-10-4-1-5-11-26)22-29(28-14-8-3-9-15-28)23-34-33-35-30(25-40-33)24-36-16-18-37(19-17-36)32(39)21-27-12-6-2-7-13-27;1-17-12-26-21(14-25-17)22(30)11-19(18-5-3-2-4-6-18)13-27-23-28-20(16-31-23)15-29-9-7-24-8-10-29;1-3-7-15(8-4-1)9-10-18-17-19-16(14-21-17)13-20-11-5-2-6-12-20;1-2-4-14(5-3-1)6-7-17-16-18-15(13-21-16)12-19-8-10-20-11-9-19/h1-15,25,29H,16-24H2,(H,34,35);2-6,12,14,16,19,24H,7-11,13,15H2,1H3,(H,27,28);1,3-4,7-8,14H,2,5-6,9-13H2,(H,18,19);1-5,13H,6-12H2,(H,17,18)/t29-;19-;;/m11../s1. The lowest BCUT2D eigenvalue weighted by atomic mass is 9.92. The summed E-state index contributed by atoms with van der Waals surface area (Å²) in [5.41, 5.74) is 12.8. The van der Waals surface area contributed by atoms with E-state index in [9.17, 15) is 14.4 Å². The van der Waals surface area contributed by atoms with Crippen molar-refractivity contribution in [2.24, 2.45) is 0 Å². The molecule has 24 heteroatoms. The summed E-state index contributed by atoms with van der Waals surface area (Å²) in [6.45, 7) is 22.1. The summed E-state index contributed by atoms with van der Waals surface area (Å²) in [4.78, 5) is 77.5. The van der Waals surface area contributed by atoms with Crippen LogP contribution in [0.25, 0.3) is 0 Å². The molecule has 5 aromatic heterocycles. The number of ether oxygens (including phenoxy) is 1. The molecule has 20 nitrogen and oxygen atoms in total. The molecule has 0 saturated carbocycles. The van der Waals surface area contributed by atoms with Gasteiger partial charge < -0.3 is 36.2 Å². The highest BCUT2D eigenvalue weighted by Gasteiger charge is 2.25. The second kappa shape index (κ2) is 46.1. The van der Waals surface area contributed by atoms with Gasteiger partial charge in [-0.25, -0.2) is 24.9 Å². The molecule has 4 saturated heterocycles. The number of carbonyl (C=O) groups is 3. The highest BCUT2D eigenvalue weighted by molar-refractivity contribution is 7.14. The molecule has 15 rings (SSSR count). The average molecular weight is 1590 g/mol. The number of ketones is 2. The van der Waals surface area contributed by atoms with Crippen molar-refractivity contribution in [3.05, 3.63) is 283 Å². The van der Waals surface area contributed by atoms with Gasteiger partial charge in [0.1, 0.15) is 11.5 Å². The predicted octanol–water partition coefficient (Wildman–Crippen LogP) is 15.0. The second-order valence-corrected chi connectivity index (χ2v) is 32.5. The first kappa shape index (κ1) is 83.1. The molecule has 0 radical (unpaired) electrons. The number of likely N-dealkylation sites (tertiary alicyclic amines) is 1. The van der Waals surface area contributed by atoms with E-state index in [1.165, 1.54) is 49.2 Å². The van der Waals surface area contributed by atoms with Gasteiger partial charge in [-0.3, -0.25) is 39.0 Å². The highest BCUT2D eigenvalue weighted by Crippen LogP contribution is 2.28. The summed E-state index contributed by atoms with van der Waals surface area (Å²) < 4.78 is 5.37. The number of aryl methyl sites for hydroxylation is 1. The maximum absolute atomic E-state index is 12.9. The van der Waals surface area contributed by atoms with Gasteiger partial charge in [0.15, 0.2) is 26.3 Å². The van der Waals surface area contributed by atoms with Gasteiger partial charge in [0, 0.05) is 177 Å². The fourth-order valence-electron chi connectivity index (χ4n) is 14.0. The minimum Gasteiger partial charge on any atom is -0.379 e. The van der Waals surface area contributed by atoms with Crippen LogP contribution >= 0.6 is 45.3 Å². The van der Waals surface area contributed by atoms with Crippen LogP contribution in [0.1, 0.15) is 116 Å². The number of benzene rings is 6. The Bertz CT molecular complexity index is 4400. The fraction of sp³-hybridized carbons (Fsp3) is 0.382. The zero-order valence-corrected chi connectivity index (χ0v) is 68.3. The van der Waals surface area contributed by atoms with Gasteiger partial charge in [-0.1, -0.05) is 188 Å². The molecular formula is C89H108N16O4S4. The molecule has 0 aliphatic carbocycles. The summed E-state index contributed by atoms with van der Waals surface area (Å²) in [6, 6.07) is 61.4. The largest absolute Gasteiger partial charge is 0.379 e. The number of rotatable bonds is 33. The summed E-state index contributed by atoms with van der Waals surface area (Å²) in [5.74, 6) is 0.537. The van der Waals surface area contributed by atoms with Crippen LogP contribution in [0.3, 0.4) is 0 Å². The van der Waals surface area contributed by atoms with Crippen LogP contribution in [0.15, 0.2) is 216 Å². The zero-order valence-electron chi connectivity index (χ0n) is 65.0. The molecule has 6 aromatic carbocycles. The van der Waals surface area contributed by atoms with Crippen molar-refractivity contribution in [1.29, 1.82) is 0 Å². The average Bonchev–Trinajstić information content (AvgIpc) is 1.84. The van der Waals surface area contributed by atoms with Crippen molar-refractivity contribution < 1.29 is 19.1 Å². The van der Waals surface area contributed by atoms with E-state index in [0.29, 0.717) is 44.5 Å². The maximum atomic E-state index is 12.9. The Morgan fingerprint density at radius 1 is 0.425 bits per heavy atom. The predicted molar refractivity (Wildman–Crippen MR) is 462 cm³/mol. The molecule has 2 atom stereocenters. The number of piperidine rings is 1. The lowest BCUT2D eigenvalue weighted by molar-refractivity contribution is -0.132. The lowest BCUT2D eigenvalue weighted by Crippen LogP contribution is -2.48. The second-order valence-electron chi connectivity index (χ2n) is 29.0. The van der Waals surface area contributed by atoms with E-state index >= 15 is 0 Å². The van der Waals surface area contributed by atoms with Gasteiger partial charge in [-0.2, -0.15) is 0 Å². The molecule has 4 aliphatic heterocycles. The highest BCUT2D eigenvalue weighted by atomic mass is 32.1. The Balaban J connectivity index is 0.000000145. The maximum Gasteiger partial charge on any atom is 0.227 e. The quantitative estimate of drug-likeness (QED) is 0.0242. The zero-order chi connectivity index (χ0) is 77.7. The fourth-order valence-corrected chi connectivity index (χ4v) is 16.9. The van der Waals surface area contributed by atoms with Crippen molar-refractivity contribution in [1.82, 2.24) is 59.7 Å². The van der Waals surface area contributed by atoms with Gasteiger partial charge in [-0.05, 0) is 79.1 Å². The molecule has 4 fully saturated rings. The van der Waals surface area contributed by atoms with Crippen LogP contribution < -0.4 is 26.6 Å². The van der Waals surface area contributed by atoms with Crippen LogP contribution in [0.4, 0.5) is 20.5 Å². The van der Waals surface area contributed by atoms with Crippen molar-refractivity contribution in [2.75, 3.05) is 139 Å². The van der Waals surface area contributed by atoms with E-state index in [2.05, 4.69) is 168 Å². The monoisotopic (exact) mass is 1590 g/mol. The Kier molecular flexibility index (Phi) is 33.9. The molecule has 0 bridgehead atoms. The molecule has 11 aromatic rings. The number of anilines is 4. The lowest BCUT2D eigenvalue weighted by Gasteiger charge is -2.34. The van der Waals surface area contributed by atoms with E-state index in [4.69, 9.17) is 19.7 Å². The number of carbonyl (C=O) groups excluding carboxylic acids is 3. The number of hydrogen-bond acceptors (Lipinski definition) is 23. The van der Waals surface area contributed by atoms with Gasteiger partial charge in [0.05, 0.1) is 54.3 Å². The van der Waals surface area contributed by atoms with E-state index in [1.54, 1.807) is 57.7 Å². The minimum atomic E-state index is 0.00156. The molecule has 5 N–H and O–H groups in total. The summed E-state index contributed by atoms with van der Waals surface area (Å²) in [7, 11) is 0. The third-order valence-corrected chi connectivity index (χ3v) is 23.7. The Morgan fingerprint density at radius 2 is 0.823 bits per heavy atom. The minimum absolute atomic E-state index is 0.00156. The number of hydrogen-bond donors (Lipinski definition) is 5. The number of nitrogens with one attached hydrogen (secondary N) is 5. The van der Waals surface area contributed by atoms with Crippen LogP contribution in [0, 0.1) is 6.92 Å². The number of amides is 1. The van der Waals surface area contributed by atoms with Gasteiger partial charge in [0.2, 0.25) is 5.91 Å². The van der Waals surface area contributed by atoms with Crippen LogP contribution in [0.2, 0.25) is 0 Å². The Hall–Kier alpha value is -9.31. The van der Waals surface area contributed by atoms with E-state index in [-0.39, 0.29) is 29.3 Å². The van der Waals surface area contributed by atoms with Crippen LogP contribution in [0.5, 0.6) is 0 Å². The Labute approximate surface area is 683 Å². The topological polar surface area (TPSA) is 214 Å². The number of nitrogens with zero attached hydrogens (tertiary/aromatic N) is 11.